The van der Waals surface area contributed by atoms with Gasteiger partial charge in [0.25, 0.3) is 0 Å². The van der Waals surface area contributed by atoms with Gasteiger partial charge < -0.3 is 30.0 Å². The molecule has 0 radical (unpaired) electrons. The number of aromatic nitrogens is 2. The molecule has 6 atom stereocenters. The second-order valence-corrected chi connectivity index (χ2v) is 10.7. The largest absolute Gasteiger partial charge is 0.490 e. The highest BCUT2D eigenvalue weighted by molar-refractivity contribution is 7.66. The van der Waals surface area contributed by atoms with E-state index in [2.05, 4.69) is 18.1 Å². The molecule has 0 spiro atoms. The summed E-state index contributed by atoms with van der Waals surface area (Å²) in [5.41, 5.74) is 3.03. The van der Waals surface area contributed by atoms with Gasteiger partial charge in [0.2, 0.25) is 0 Å². The van der Waals surface area contributed by atoms with E-state index in [1.807, 2.05) is 0 Å². The first-order valence-corrected chi connectivity index (χ1v) is 12.1. The third-order valence-electron chi connectivity index (χ3n) is 4.11. The number of hydrogen-bond acceptors (Lipinski definition) is 10. The summed E-state index contributed by atoms with van der Waals surface area (Å²) >= 11 is 0. The third kappa shape index (κ3) is 5.19. The van der Waals surface area contributed by atoms with Crippen molar-refractivity contribution < 1.29 is 55.5 Å². The van der Waals surface area contributed by atoms with Crippen LogP contribution in [0.1, 0.15) is 12.6 Å². The van der Waals surface area contributed by atoms with E-state index in [-0.39, 0.29) is 12.2 Å². The fourth-order valence-electron chi connectivity index (χ4n) is 2.88. The van der Waals surface area contributed by atoms with Gasteiger partial charge in [-0.25, -0.2) is 22.9 Å². The van der Waals surface area contributed by atoms with Crippen LogP contribution in [0.4, 0.5) is 10.2 Å². The maximum absolute atomic E-state index is 14.6. The first-order chi connectivity index (χ1) is 13.1. The molecule has 1 aliphatic carbocycles. The number of nitrogens with two attached hydrogens (primary N) is 1. The summed E-state index contributed by atoms with van der Waals surface area (Å²) in [6.45, 7) is -0.796. The molecule has 2 aliphatic rings. The van der Waals surface area contributed by atoms with E-state index in [9.17, 15) is 27.8 Å². The molecule has 164 valence electrons. The fraction of sp³-hybridized carbons (Fsp3) is 0.600. The van der Waals surface area contributed by atoms with Gasteiger partial charge in [-0.1, -0.05) is 0 Å². The number of halogens is 1. The Bertz CT molecular complexity index is 1010. The van der Waals surface area contributed by atoms with Crippen molar-refractivity contribution in [1.82, 2.24) is 9.55 Å². The second-order valence-electron chi connectivity index (χ2n) is 6.23. The minimum absolute atomic E-state index is 0.0393. The van der Waals surface area contributed by atoms with Gasteiger partial charge in [0.1, 0.15) is 11.4 Å². The Balaban J connectivity index is 1.66. The molecule has 3 rings (SSSR count). The number of anilines is 1. The number of ether oxygens (including phenoxy) is 1. The van der Waals surface area contributed by atoms with Crippen LogP contribution < -0.4 is 11.4 Å². The first kappa shape index (κ1) is 22.7. The van der Waals surface area contributed by atoms with Gasteiger partial charge >= 0.3 is 29.2 Å². The molecule has 1 saturated heterocycles. The molecule has 15 nitrogen and oxygen atoms in total. The lowest BCUT2D eigenvalue weighted by atomic mass is 10.2. The standard InChI is InChI=1S/C10H15FN3O12P3/c11-7-5-3-10(5,24-8(7)14-2-1-6(12)13-9(14)15)4-23-28(19,20)26-29(21,22)25-27(16,17)18/h1-2,5,7-8H,3-4H2,(H,19,20)(H,21,22)(H2,12,13,15)(H2,16,17,18). The number of fused-ring (bicyclic) bond motifs is 1. The van der Waals surface area contributed by atoms with Gasteiger partial charge in [0.05, 0.1) is 6.61 Å². The number of phosphoric acid groups is 3. The second kappa shape index (κ2) is 7.29. The summed E-state index contributed by atoms with van der Waals surface area (Å²) in [7, 11) is -16.6. The highest BCUT2D eigenvalue weighted by atomic mass is 31.3. The molecule has 19 heteroatoms. The van der Waals surface area contributed by atoms with Crippen molar-refractivity contribution in [3.8, 4) is 0 Å². The van der Waals surface area contributed by atoms with Crippen molar-refractivity contribution in [2.24, 2.45) is 5.92 Å². The monoisotopic (exact) mass is 481 g/mol. The van der Waals surface area contributed by atoms with Crippen LogP contribution in [0.15, 0.2) is 17.1 Å². The van der Waals surface area contributed by atoms with Crippen LogP contribution >= 0.6 is 23.5 Å². The zero-order chi connectivity index (χ0) is 21.8. The minimum atomic E-state index is -5.67. The van der Waals surface area contributed by atoms with Gasteiger partial charge in [0.15, 0.2) is 12.4 Å². The van der Waals surface area contributed by atoms with E-state index in [0.717, 1.165) is 10.8 Å². The molecule has 6 N–H and O–H groups in total. The molecule has 1 aromatic heterocycles. The topological polar surface area (TPSA) is 230 Å². The van der Waals surface area contributed by atoms with Crippen molar-refractivity contribution >= 4 is 29.3 Å². The van der Waals surface area contributed by atoms with Crippen LogP contribution in [-0.4, -0.2) is 47.5 Å². The van der Waals surface area contributed by atoms with Crippen molar-refractivity contribution in [3.05, 3.63) is 22.7 Å². The zero-order valence-electron chi connectivity index (χ0n) is 14.0. The Kier molecular flexibility index (Phi) is 5.70. The number of hydrogen-bond donors (Lipinski definition) is 5. The van der Waals surface area contributed by atoms with Crippen LogP contribution in [-0.2, 0) is 31.6 Å². The number of nitrogen functional groups attached to an aromatic ring is 1. The Morgan fingerprint density at radius 1 is 1.28 bits per heavy atom. The van der Waals surface area contributed by atoms with E-state index in [1.54, 1.807) is 0 Å². The maximum Gasteiger partial charge on any atom is 0.490 e. The first-order valence-electron chi connectivity index (χ1n) is 7.58. The highest BCUT2D eigenvalue weighted by Crippen LogP contribution is 2.68. The van der Waals surface area contributed by atoms with Crippen LogP contribution in [0, 0.1) is 5.92 Å². The van der Waals surface area contributed by atoms with Gasteiger partial charge in [-0.3, -0.25) is 9.09 Å². The third-order valence-corrected chi connectivity index (χ3v) is 7.89. The van der Waals surface area contributed by atoms with Gasteiger partial charge in [-0.05, 0) is 12.5 Å². The molecular weight excluding hydrogens is 466 g/mol. The van der Waals surface area contributed by atoms with Crippen LogP contribution in [0.3, 0.4) is 0 Å². The lowest BCUT2D eigenvalue weighted by molar-refractivity contribution is -0.0777. The maximum atomic E-state index is 14.6. The van der Waals surface area contributed by atoms with Crippen LogP contribution in [0.25, 0.3) is 0 Å². The van der Waals surface area contributed by atoms with Gasteiger partial charge in [0, 0.05) is 12.1 Å². The lowest BCUT2D eigenvalue weighted by Crippen LogP contribution is -2.33. The normalized spacial score (nSPS) is 32.9. The quantitative estimate of drug-likeness (QED) is 0.303. The Hall–Kier alpha value is -1.02. The summed E-state index contributed by atoms with van der Waals surface area (Å²) < 4.78 is 66.2. The summed E-state index contributed by atoms with van der Waals surface area (Å²) in [5.74, 6) is -0.920. The van der Waals surface area contributed by atoms with E-state index in [0.29, 0.717) is 0 Å². The molecule has 2 fully saturated rings. The van der Waals surface area contributed by atoms with Gasteiger partial charge in [-0.15, -0.1) is 0 Å². The van der Waals surface area contributed by atoms with Crippen LogP contribution in [0.2, 0.25) is 0 Å². The van der Waals surface area contributed by atoms with Crippen molar-refractivity contribution in [2.75, 3.05) is 12.3 Å². The molecule has 1 saturated carbocycles. The number of phosphoric ester groups is 1. The smallest absolute Gasteiger partial charge is 0.383 e. The van der Waals surface area contributed by atoms with E-state index in [1.165, 1.54) is 6.07 Å². The fourth-order valence-corrected chi connectivity index (χ4v) is 5.96. The average Bonchev–Trinajstić information content (AvgIpc) is 3.15. The molecule has 29 heavy (non-hydrogen) atoms. The Morgan fingerprint density at radius 3 is 2.52 bits per heavy atom. The lowest BCUT2D eigenvalue weighted by Gasteiger charge is -2.22. The molecule has 1 aromatic rings. The summed E-state index contributed by atoms with van der Waals surface area (Å²) in [4.78, 5) is 50.8. The minimum Gasteiger partial charge on any atom is -0.383 e. The Morgan fingerprint density at radius 2 is 1.93 bits per heavy atom. The Labute approximate surface area is 160 Å². The predicted molar refractivity (Wildman–Crippen MR) is 88.6 cm³/mol. The highest BCUT2D eigenvalue weighted by Gasteiger charge is 2.69. The van der Waals surface area contributed by atoms with E-state index >= 15 is 0 Å². The zero-order valence-corrected chi connectivity index (χ0v) is 16.7. The SMILES string of the molecule is Nc1ccn(C2OC3(COP(=O)(O)OP(=O)(O)OP(=O)(O)O)CC3C2F)c(=O)n1. The summed E-state index contributed by atoms with van der Waals surface area (Å²) in [6.07, 6.45) is -1.93. The van der Waals surface area contributed by atoms with E-state index < -0.39 is 59.7 Å². The molecule has 0 amide bonds. The molecule has 0 aromatic carbocycles. The van der Waals surface area contributed by atoms with Crippen molar-refractivity contribution in [3.63, 3.8) is 0 Å². The molecule has 2 heterocycles. The van der Waals surface area contributed by atoms with Crippen molar-refractivity contribution in [1.29, 1.82) is 0 Å². The average molecular weight is 481 g/mol. The summed E-state index contributed by atoms with van der Waals surface area (Å²) in [5, 5.41) is 0. The van der Waals surface area contributed by atoms with Crippen LogP contribution in [0.5, 0.6) is 0 Å². The molecule has 6 unspecified atom stereocenters. The molecule has 0 bridgehead atoms. The van der Waals surface area contributed by atoms with Crippen molar-refractivity contribution in [2.45, 2.75) is 24.4 Å². The molecule has 1 aliphatic heterocycles. The van der Waals surface area contributed by atoms with Gasteiger partial charge in [-0.2, -0.15) is 13.6 Å². The number of nitrogens with zero attached hydrogens (tertiary/aromatic N) is 2. The summed E-state index contributed by atoms with van der Waals surface area (Å²) in [6, 6.07) is 1.24. The van der Waals surface area contributed by atoms with E-state index in [4.69, 9.17) is 25.2 Å². The molecular formula is C10H15FN3O12P3. The number of rotatable bonds is 8. The predicted octanol–water partition coefficient (Wildman–Crippen LogP) is -0.206. The number of alkyl halides is 1.